The number of likely N-dealkylation sites (N-methyl/N-ethyl adjacent to an activating group) is 1. The van der Waals surface area contributed by atoms with Crippen LogP contribution in [0, 0.1) is 5.92 Å². The lowest BCUT2D eigenvalue weighted by Crippen LogP contribution is -2.52. The molecule has 0 heterocycles. The highest BCUT2D eigenvalue weighted by Gasteiger charge is 2.42. The second-order valence-corrected chi connectivity index (χ2v) is 6.55. The number of rotatable bonds is 7. The van der Waals surface area contributed by atoms with Gasteiger partial charge in [0.25, 0.3) is 0 Å². The zero-order valence-corrected chi connectivity index (χ0v) is 13.0. The molecular formula is C17H33NO. The van der Waals surface area contributed by atoms with Gasteiger partial charge in [-0.3, -0.25) is 0 Å². The summed E-state index contributed by atoms with van der Waals surface area (Å²) in [5.41, 5.74) is 0.155. The van der Waals surface area contributed by atoms with Crippen LogP contribution in [0.15, 0.2) is 0 Å². The zero-order chi connectivity index (χ0) is 13.6. The number of nitrogens with one attached hydrogen (secondary N) is 1. The van der Waals surface area contributed by atoms with E-state index in [1.807, 2.05) is 0 Å². The maximum Gasteiger partial charge on any atom is 0.0834 e. The van der Waals surface area contributed by atoms with Crippen molar-refractivity contribution in [1.82, 2.24) is 5.32 Å². The van der Waals surface area contributed by atoms with Crippen molar-refractivity contribution in [3.63, 3.8) is 0 Å². The Balaban J connectivity index is 1.99. The summed E-state index contributed by atoms with van der Waals surface area (Å²) in [5.74, 6) is 0.940. The van der Waals surface area contributed by atoms with Crippen molar-refractivity contribution in [1.29, 1.82) is 0 Å². The monoisotopic (exact) mass is 267 g/mol. The van der Waals surface area contributed by atoms with Gasteiger partial charge in [-0.15, -0.1) is 0 Å². The molecule has 112 valence electrons. The predicted octanol–water partition coefficient (Wildman–Crippen LogP) is 4.28. The molecule has 1 unspecified atom stereocenters. The van der Waals surface area contributed by atoms with Crippen LogP contribution < -0.4 is 5.32 Å². The number of hydrogen-bond acceptors (Lipinski definition) is 2. The summed E-state index contributed by atoms with van der Waals surface area (Å²) in [6.45, 7) is 6.34. The molecule has 1 N–H and O–H groups in total. The van der Waals surface area contributed by atoms with E-state index in [2.05, 4.69) is 19.2 Å². The van der Waals surface area contributed by atoms with Gasteiger partial charge in [0.1, 0.15) is 0 Å². The van der Waals surface area contributed by atoms with Crippen LogP contribution in [0.4, 0.5) is 0 Å². The van der Waals surface area contributed by atoms with E-state index in [1.54, 1.807) is 0 Å². The van der Waals surface area contributed by atoms with Crippen LogP contribution in [-0.2, 0) is 4.74 Å². The van der Waals surface area contributed by atoms with Crippen molar-refractivity contribution < 1.29 is 4.74 Å². The second kappa shape index (κ2) is 7.64. The molecule has 2 saturated carbocycles. The van der Waals surface area contributed by atoms with Gasteiger partial charge in [-0.25, -0.2) is 0 Å². The van der Waals surface area contributed by atoms with Gasteiger partial charge in [0.15, 0.2) is 0 Å². The third kappa shape index (κ3) is 3.95. The molecule has 0 aromatic heterocycles. The molecule has 0 amide bonds. The molecule has 0 aromatic rings. The van der Waals surface area contributed by atoms with Gasteiger partial charge >= 0.3 is 0 Å². The first-order valence-electron chi connectivity index (χ1n) is 8.68. The van der Waals surface area contributed by atoms with Crippen LogP contribution in [0.1, 0.15) is 78.1 Å². The largest absolute Gasteiger partial charge is 0.374 e. The Bertz CT molecular complexity index is 242. The van der Waals surface area contributed by atoms with Gasteiger partial charge in [0, 0.05) is 12.6 Å². The van der Waals surface area contributed by atoms with Crippen molar-refractivity contribution in [2.45, 2.75) is 89.7 Å². The molecule has 2 aliphatic rings. The number of hydrogen-bond donors (Lipinski definition) is 1. The van der Waals surface area contributed by atoms with Crippen molar-refractivity contribution in [2.75, 3.05) is 13.2 Å². The maximum atomic E-state index is 6.28. The Labute approximate surface area is 119 Å². The second-order valence-electron chi connectivity index (χ2n) is 6.55. The summed E-state index contributed by atoms with van der Waals surface area (Å²) in [6.07, 6.45) is 13.8. The molecule has 0 bridgehead atoms. The normalized spacial score (nSPS) is 25.6. The first-order chi connectivity index (χ1) is 9.30. The van der Waals surface area contributed by atoms with E-state index in [1.165, 1.54) is 64.2 Å². The Kier molecular flexibility index (Phi) is 6.15. The van der Waals surface area contributed by atoms with Crippen molar-refractivity contribution in [3.8, 4) is 0 Å². The predicted molar refractivity (Wildman–Crippen MR) is 81.5 cm³/mol. The van der Waals surface area contributed by atoms with E-state index in [9.17, 15) is 0 Å². The summed E-state index contributed by atoms with van der Waals surface area (Å²) in [7, 11) is 0. The van der Waals surface area contributed by atoms with Gasteiger partial charge in [0.05, 0.1) is 5.60 Å². The van der Waals surface area contributed by atoms with Gasteiger partial charge < -0.3 is 10.1 Å². The first-order valence-corrected chi connectivity index (χ1v) is 8.68. The molecule has 2 aliphatic carbocycles. The quantitative estimate of drug-likeness (QED) is 0.743. The van der Waals surface area contributed by atoms with Crippen LogP contribution in [0.25, 0.3) is 0 Å². The molecule has 0 spiro atoms. The topological polar surface area (TPSA) is 21.3 Å². The molecule has 2 fully saturated rings. The zero-order valence-electron chi connectivity index (χ0n) is 13.0. The van der Waals surface area contributed by atoms with Crippen LogP contribution in [0.2, 0.25) is 0 Å². The Morgan fingerprint density at radius 2 is 1.74 bits per heavy atom. The Morgan fingerprint density at radius 1 is 1.05 bits per heavy atom. The fraction of sp³-hybridized carbons (Fsp3) is 1.00. The fourth-order valence-corrected chi connectivity index (χ4v) is 4.34. The van der Waals surface area contributed by atoms with Crippen LogP contribution in [-0.4, -0.2) is 24.8 Å². The average molecular weight is 267 g/mol. The molecule has 1 atom stereocenters. The van der Waals surface area contributed by atoms with E-state index in [0.717, 1.165) is 19.1 Å². The lowest BCUT2D eigenvalue weighted by atomic mass is 9.79. The summed E-state index contributed by atoms with van der Waals surface area (Å²) < 4.78 is 6.28. The highest BCUT2D eigenvalue weighted by molar-refractivity contribution is 4.98. The molecule has 19 heavy (non-hydrogen) atoms. The molecule has 0 aliphatic heterocycles. The van der Waals surface area contributed by atoms with Gasteiger partial charge in [-0.05, 0) is 38.6 Å². The third-order valence-corrected chi connectivity index (χ3v) is 5.26. The fourth-order valence-electron chi connectivity index (χ4n) is 4.34. The molecule has 0 radical (unpaired) electrons. The van der Waals surface area contributed by atoms with E-state index in [0.29, 0.717) is 6.04 Å². The highest BCUT2D eigenvalue weighted by atomic mass is 16.5. The SMILES string of the molecule is CCNC(CC1CCCCC1)C1(OCC)CCCC1. The van der Waals surface area contributed by atoms with Crippen LogP contribution >= 0.6 is 0 Å². The van der Waals surface area contributed by atoms with Crippen molar-refractivity contribution in [2.24, 2.45) is 5.92 Å². The molecule has 0 aromatic carbocycles. The van der Waals surface area contributed by atoms with E-state index in [-0.39, 0.29) is 5.60 Å². The van der Waals surface area contributed by atoms with Gasteiger partial charge in [-0.2, -0.15) is 0 Å². The molecular weight excluding hydrogens is 234 g/mol. The van der Waals surface area contributed by atoms with Crippen LogP contribution in [0.5, 0.6) is 0 Å². The van der Waals surface area contributed by atoms with E-state index >= 15 is 0 Å². The summed E-state index contributed by atoms with van der Waals surface area (Å²) in [5, 5.41) is 3.77. The van der Waals surface area contributed by atoms with E-state index < -0.39 is 0 Å². The molecule has 2 heteroatoms. The van der Waals surface area contributed by atoms with Crippen LogP contribution in [0.3, 0.4) is 0 Å². The Morgan fingerprint density at radius 3 is 2.32 bits per heavy atom. The lowest BCUT2D eigenvalue weighted by molar-refractivity contribution is -0.0670. The average Bonchev–Trinajstić information content (AvgIpc) is 2.90. The standard InChI is InChI=1S/C17H33NO/c1-3-18-16(14-15-10-6-5-7-11-15)17(19-4-2)12-8-9-13-17/h15-16,18H,3-14H2,1-2H3. The van der Waals surface area contributed by atoms with Crippen molar-refractivity contribution in [3.05, 3.63) is 0 Å². The number of ether oxygens (including phenoxy) is 1. The minimum Gasteiger partial charge on any atom is -0.374 e. The summed E-state index contributed by atoms with van der Waals surface area (Å²) in [4.78, 5) is 0. The van der Waals surface area contributed by atoms with Gasteiger partial charge in [-0.1, -0.05) is 51.9 Å². The minimum atomic E-state index is 0.155. The summed E-state index contributed by atoms with van der Waals surface area (Å²) in [6, 6.07) is 0.586. The first kappa shape index (κ1) is 15.3. The third-order valence-electron chi connectivity index (χ3n) is 5.26. The Hall–Kier alpha value is -0.0800. The van der Waals surface area contributed by atoms with Gasteiger partial charge in [0.2, 0.25) is 0 Å². The van der Waals surface area contributed by atoms with E-state index in [4.69, 9.17) is 4.74 Å². The molecule has 2 rings (SSSR count). The highest BCUT2D eigenvalue weighted by Crippen LogP contribution is 2.40. The minimum absolute atomic E-state index is 0.155. The van der Waals surface area contributed by atoms with Crippen molar-refractivity contribution >= 4 is 0 Å². The molecule has 0 saturated heterocycles. The molecule has 2 nitrogen and oxygen atoms in total. The smallest absolute Gasteiger partial charge is 0.0834 e. The maximum absolute atomic E-state index is 6.28. The lowest BCUT2D eigenvalue weighted by Gasteiger charge is -2.40. The summed E-state index contributed by atoms with van der Waals surface area (Å²) >= 11 is 0.